The molecule has 0 aliphatic carbocycles. The molecule has 1 amide bonds. The van der Waals surface area contributed by atoms with Gasteiger partial charge in [-0.1, -0.05) is 43.7 Å². The van der Waals surface area contributed by atoms with Gasteiger partial charge in [0, 0.05) is 31.7 Å². The summed E-state index contributed by atoms with van der Waals surface area (Å²) in [6.45, 7) is 9.10. The van der Waals surface area contributed by atoms with E-state index in [1.807, 2.05) is 49.4 Å². The van der Waals surface area contributed by atoms with Crippen molar-refractivity contribution in [2.75, 3.05) is 46.0 Å². The molecular formula is C29H36N2O5. The first-order valence-corrected chi connectivity index (χ1v) is 12.9. The van der Waals surface area contributed by atoms with E-state index < -0.39 is 17.7 Å². The molecule has 0 unspecified atom stereocenters. The number of Topliss-reactive ketones (excluding diaryl/α,β-unsaturated/α-hetero) is 1. The molecule has 7 nitrogen and oxygen atoms in total. The van der Waals surface area contributed by atoms with Crippen LogP contribution in [-0.4, -0.2) is 72.6 Å². The van der Waals surface area contributed by atoms with Crippen LogP contribution in [0.1, 0.15) is 48.9 Å². The molecule has 2 heterocycles. The SMILES string of the molecule is CCCCOc1ccc(C(O)=C2C(=O)C(=O)N(CCCN3CCOCC3)[C@@H]2c2ccccc2)cc1C. The van der Waals surface area contributed by atoms with Crippen LogP contribution in [0.2, 0.25) is 0 Å². The summed E-state index contributed by atoms with van der Waals surface area (Å²) < 4.78 is 11.3. The van der Waals surface area contributed by atoms with Gasteiger partial charge in [-0.3, -0.25) is 14.5 Å². The summed E-state index contributed by atoms with van der Waals surface area (Å²) in [5.74, 6) is -0.610. The Hall–Kier alpha value is -3.16. The van der Waals surface area contributed by atoms with Gasteiger partial charge in [0.05, 0.1) is 31.4 Å². The summed E-state index contributed by atoms with van der Waals surface area (Å²) >= 11 is 0. The monoisotopic (exact) mass is 492 g/mol. The van der Waals surface area contributed by atoms with Crippen molar-refractivity contribution in [3.63, 3.8) is 0 Å². The van der Waals surface area contributed by atoms with E-state index >= 15 is 0 Å². The molecule has 1 N–H and O–H groups in total. The summed E-state index contributed by atoms with van der Waals surface area (Å²) in [6, 6.07) is 14.2. The number of carbonyl (C=O) groups is 2. The van der Waals surface area contributed by atoms with Gasteiger partial charge in [0.25, 0.3) is 11.7 Å². The third-order valence-corrected chi connectivity index (χ3v) is 6.84. The minimum atomic E-state index is -0.645. The summed E-state index contributed by atoms with van der Waals surface area (Å²) in [4.78, 5) is 30.3. The zero-order valence-electron chi connectivity index (χ0n) is 21.2. The van der Waals surface area contributed by atoms with Crippen molar-refractivity contribution in [2.45, 2.75) is 39.2 Å². The molecule has 192 valence electrons. The molecule has 0 aromatic heterocycles. The molecule has 2 aromatic rings. The molecule has 36 heavy (non-hydrogen) atoms. The van der Waals surface area contributed by atoms with Crippen molar-refractivity contribution in [1.29, 1.82) is 0 Å². The zero-order valence-corrected chi connectivity index (χ0v) is 21.2. The number of carbonyl (C=O) groups excluding carboxylic acids is 2. The number of aryl methyl sites for hydroxylation is 1. The van der Waals surface area contributed by atoms with Crippen molar-refractivity contribution in [3.8, 4) is 5.75 Å². The van der Waals surface area contributed by atoms with Gasteiger partial charge in [0.1, 0.15) is 11.5 Å². The molecule has 7 heteroatoms. The lowest BCUT2D eigenvalue weighted by atomic mass is 9.95. The number of unbranched alkanes of at least 4 members (excludes halogenated alkanes) is 1. The highest BCUT2D eigenvalue weighted by atomic mass is 16.5. The first-order chi connectivity index (χ1) is 17.5. The van der Waals surface area contributed by atoms with E-state index in [4.69, 9.17) is 9.47 Å². The first kappa shape index (κ1) is 25.9. The van der Waals surface area contributed by atoms with Gasteiger partial charge in [-0.05, 0) is 49.1 Å². The average Bonchev–Trinajstić information content (AvgIpc) is 3.15. The van der Waals surface area contributed by atoms with Gasteiger partial charge in [0.2, 0.25) is 0 Å². The minimum Gasteiger partial charge on any atom is -0.507 e. The Morgan fingerprint density at radius 2 is 1.81 bits per heavy atom. The molecule has 0 saturated carbocycles. The molecular weight excluding hydrogens is 456 g/mol. The number of rotatable bonds is 10. The molecule has 2 fully saturated rings. The molecule has 2 aliphatic rings. The molecule has 2 aromatic carbocycles. The number of aliphatic hydroxyl groups is 1. The van der Waals surface area contributed by atoms with Crippen molar-refractivity contribution in [3.05, 3.63) is 70.8 Å². The van der Waals surface area contributed by atoms with Crippen LogP contribution < -0.4 is 4.74 Å². The molecule has 0 radical (unpaired) electrons. The number of hydrogen-bond donors (Lipinski definition) is 1. The van der Waals surface area contributed by atoms with Gasteiger partial charge in [0.15, 0.2) is 0 Å². The topological polar surface area (TPSA) is 79.3 Å². The second kappa shape index (κ2) is 12.2. The fourth-order valence-electron chi connectivity index (χ4n) is 4.82. The molecule has 0 spiro atoms. The van der Waals surface area contributed by atoms with Crippen LogP contribution in [0.3, 0.4) is 0 Å². The highest BCUT2D eigenvalue weighted by Crippen LogP contribution is 2.39. The number of hydrogen-bond acceptors (Lipinski definition) is 6. The second-order valence-electron chi connectivity index (χ2n) is 9.39. The van der Waals surface area contributed by atoms with Crippen molar-refractivity contribution in [1.82, 2.24) is 9.80 Å². The van der Waals surface area contributed by atoms with Gasteiger partial charge < -0.3 is 19.5 Å². The van der Waals surface area contributed by atoms with Crippen LogP contribution in [0, 0.1) is 6.92 Å². The Morgan fingerprint density at radius 1 is 1.06 bits per heavy atom. The number of ether oxygens (including phenoxy) is 2. The number of aliphatic hydroxyl groups excluding tert-OH is 1. The quantitative estimate of drug-likeness (QED) is 0.230. The van der Waals surface area contributed by atoms with E-state index in [1.165, 1.54) is 0 Å². The Kier molecular flexibility index (Phi) is 8.78. The molecule has 2 aliphatic heterocycles. The fourth-order valence-corrected chi connectivity index (χ4v) is 4.82. The van der Waals surface area contributed by atoms with Gasteiger partial charge in [-0.25, -0.2) is 0 Å². The Labute approximate surface area is 213 Å². The van der Waals surface area contributed by atoms with Gasteiger partial charge >= 0.3 is 0 Å². The average molecular weight is 493 g/mol. The molecule has 1 atom stereocenters. The standard InChI is InChI=1S/C29H36N2O5/c1-3-4-17-36-24-12-11-23(20-21(24)2)27(32)25-26(22-9-6-5-7-10-22)31(29(34)28(25)33)14-8-13-30-15-18-35-19-16-30/h5-7,9-12,20,26,32H,3-4,8,13-19H2,1-2H3/t26-/m1/s1. The van der Waals surface area contributed by atoms with E-state index in [9.17, 15) is 14.7 Å². The smallest absolute Gasteiger partial charge is 0.295 e. The van der Waals surface area contributed by atoms with Crippen molar-refractivity contribution in [2.24, 2.45) is 0 Å². The third-order valence-electron chi connectivity index (χ3n) is 6.84. The highest BCUT2D eigenvalue weighted by Gasteiger charge is 2.45. The summed E-state index contributed by atoms with van der Waals surface area (Å²) in [6.07, 6.45) is 2.75. The number of ketones is 1. The van der Waals surface area contributed by atoms with Crippen LogP contribution in [0.25, 0.3) is 5.76 Å². The number of likely N-dealkylation sites (tertiary alicyclic amines) is 1. The summed E-state index contributed by atoms with van der Waals surface area (Å²) in [5, 5.41) is 11.3. The van der Waals surface area contributed by atoms with Crippen LogP contribution in [-0.2, 0) is 14.3 Å². The predicted molar refractivity (Wildman–Crippen MR) is 139 cm³/mol. The highest BCUT2D eigenvalue weighted by molar-refractivity contribution is 6.46. The predicted octanol–water partition coefficient (Wildman–Crippen LogP) is 4.32. The van der Waals surface area contributed by atoms with E-state index in [0.717, 1.165) is 69.0 Å². The third kappa shape index (κ3) is 5.79. The molecule has 4 rings (SSSR count). The van der Waals surface area contributed by atoms with E-state index in [1.54, 1.807) is 11.0 Å². The maximum Gasteiger partial charge on any atom is 0.295 e. The van der Waals surface area contributed by atoms with Crippen LogP contribution >= 0.6 is 0 Å². The number of amides is 1. The second-order valence-corrected chi connectivity index (χ2v) is 9.39. The first-order valence-electron chi connectivity index (χ1n) is 12.9. The van der Waals surface area contributed by atoms with Gasteiger partial charge in [-0.15, -0.1) is 0 Å². The maximum absolute atomic E-state index is 13.2. The molecule has 0 bridgehead atoms. The van der Waals surface area contributed by atoms with Crippen LogP contribution in [0.4, 0.5) is 0 Å². The van der Waals surface area contributed by atoms with E-state index in [0.29, 0.717) is 18.7 Å². The number of benzene rings is 2. The Morgan fingerprint density at radius 3 is 2.50 bits per heavy atom. The molecule has 2 saturated heterocycles. The lowest BCUT2D eigenvalue weighted by Crippen LogP contribution is -2.38. The lowest BCUT2D eigenvalue weighted by Gasteiger charge is -2.29. The minimum absolute atomic E-state index is 0.136. The maximum atomic E-state index is 13.2. The summed E-state index contributed by atoms with van der Waals surface area (Å²) in [7, 11) is 0. The van der Waals surface area contributed by atoms with Crippen LogP contribution in [0.5, 0.6) is 5.75 Å². The lowest BCUT2D eigenvalue weighted by molar-refractivity contribution is -0.140. The Balaban J connectivity index is 1.62. The normalized spacial score (nSPS) is 20.2. The fraction of sp³-hybridized carbons (Fsp3) is 0.448. The number of nitrogens with zero attached hydrogens (tertiary/aromatic N) is 2. The van der Waals surface area contributed by atoms with Gasteiger partial charge in [-0.2, -0.15) is 0 Å². The zero-order chi connectivity index (χ0) is 25.5. The number of morpholine rings is 1. The van der Waals surface area contributed by atoms with Crippen LogP contribution in [0.15, 0.2) is 54.1 Å². The largest absolute Gasteiger partial charge is 0.507 e. The van der Waals surface area contributed by atoms with Crippen molar-refractivity contribution < 1.29 is 24.2 Å². The summed E-state index contributed by atoms with van der Waals surface area (Å²) in [5.41, 5.74) is 2.31. The Bertz CT molecular complexity index is 1090. The van der Waals surface area contributed by atoms with Crippen molar-refractivity contribution >= 4 is 17.4 Å². The van der Waals surface area contributed by atoms with E-state index in [-0.39, 0.29) is 11.3 Å². The van der Waals surface area contributed by atoms with E-state index in [2.05, 4.69) is 11.8 Å².